The van der Waals surface area contributed by atoms with Gasteiger partial charge in [-0.05, 0) is 79.7 Å². The fourth-order valence-corrected chi connectivity index (χ4v) is 6.87. The Morgan fingerprint density at radius 3 is 1.68 bits per heavy atom. The highest BCUT2D eigenvalue weighted by molar-refractivity contribution is 6.23. The minimum absolute atomic E-state index is 0.0507. The molecule has 0 saturated carbocycles. The van der Waals surface area contributed by atoms with E-state index in [2.05, 4.69) is 83.8 Å². The minimum Gasteiger partial charge on any atom is -0.292 e. The van der Waals surface area contributed by atoms with Crippen LogP contribution in [-0.4, -0.2) is 14.5 Å². The van der Waals surface area contributed by atoms with Crippen LogP contribution in [0.5, 0.6) is 0 Å². The second-order valence-corrected chi connectivity index (χ2v) is 11.4. The van der Waals surface area contributed by atoms with Crippen molar-refractivity contribution < 1.29 is 6.85 Å². The third-order valence-electron chi connectivity index (χ3n) is 8.82. The Labute approximate surface area is 280 Å². The number of pyridine rings is 1. The lowest BCUT2D eigenvalue weighted by Gasteiger charge is -2.21. The molecule has 9 rings (SSSR count). The third kappa shape index (κ3) is 4.44. The van der Waals surface area contributed by atoms with E-state index in [1.807, 2.05) is 71.6 Å². The summed E-state index contributed by atoms with van der Waals surface area (Å²) in [4.78, 5) is 9.19. The Balaban J connectivity index is 1.39. The molecule has 0 N–H and O–H groups in total. The van der Waals surface area contributed by atoms with E-state index in [0.29, 0.717) is 5.52 Å². The fraction of sp³-hybridized carbons (Fsp3) is 0. The number of fused-ring (bicyclic) bond motifs is 3. The maximum Gasteiger partial charge on any atom is 0.145 e. The van der Waals surface area contributed by atoms with E-state index in [4.69, 9.17) is 11.8 Å². The third-order valence-corrected chi connectivity index (χ3v) is 8.82. The summed E-state index contributed by atoms with van der Waals surface area (Å²) in [6.07, 6.45) is 3.64. The van der Waals surface area contributed by atoms with Gasteiger partial charge in [0.25, 0.3) is 0 Å². The van der Waals surface area contributed by atoms with Gasteiger partial charge in [-0.2, -0.15) is 0 Å². The number of hydrogen-bond acceptors (Lipinski definition) is 2. The van der Waals surface area contributed by atoms with Crippen LogP contribution in [0.2, 0.25) is 0 Å². The van der Waals surface area contributed by atoms with Crippen molar-refractivity contribution in [2.45, 2.75) is 0 Å². The number of rotatable bonds is 5. The molecular formula is C44H29N3. The minimum atomic E-state index is -0.439. The van der Waals surface area contributed by atoms with E-state index in [1.165, 1.54) is 0 Å². The first-order valence-electron chi connectivity index (χ1n) is 18.0. The van der Waals surface area contributed by atoms with Crippen molar-refractivity contribution in [1.82, 2.24) is 14.5 Å². The molecule has 3 nitrogen and oxygen atoms in total. The van der Waals surface area contributed by atoms with Crippen LogP contribution in [0.4, 0.5) is 0 Å². The van der Waals surface area contributed by atoms with Gasteiger partial charge in [0.2, 0.25) is 0 Å². The molecule has 0 saturated heterocycles. The van der Waals surface area contributed by atoms with Crippen LogP contribution in [0, 0.1) is 0 Å². The molecule has 0 aliphatic carbocycles. The van der Waals surface area contributed by atoms with E-state index in [9.17, 15) is 0 Å². The van der Waals surface area contributed by atoms with E-state index in [1.54, 1.807) is 0 Å². The lowest BCUT2D eigenvalue weighted by Crippen LogP contribution is -2.01. The molecule has 0 atom stereocenters. The SMILES string of the molecule is [2H]c1c([2H])c([2H])c(-c2nc3ccccc3n2-c2ccccc2-c2c3ccccc3c(-c3ccccc3-c3ccncc3)c3ccccc23)c([2H])c1[2H]. The van der Waals surface area contributed by atoms with Gasteiger partial charge in [-0.3, -0.25) is 9.55 Å². The maximum atomic E-state index is 8.89. The highest BCUT2D eigenvalue weighted by Crippen LogP contribution is 2.47. The molecule has 2 aromatic heterocycles. The Morgan fingerprint density at radius 2 is 1.00 bits per heavy atom. The molecule has 7 aromatic carbocycles. The standard InChI is InChI=1S/C44H29N3/c1-2-14-31(15-3-1)44-46-39-23-11-13-25-41(39)47(44)40-24-12-10-22-38(40)43-36-20-8-6-18-34(36)42(35-19-7-9-21-37(35)43)33-17-5-4-16-32(33)30-26-28-45-29-27-30/h1-29H/i1D,2D,3D,14D,15D. The van der Waals surface area contributed by atoms with Gasteiger partial charge in [0.05, 0.1) is 23.6 Å². The molecule has 220 valence electrons. The predicted molar refractivity (Wildman–Crippen MR) is 196 cm³/mol. The van der Waals surface area contributed by atoms with Gasteiger partial charge in [0.15, 0.2) is 0 Å². The monoisotopic (exact) mass is 604 g/mol. The van der Waals surface area contributed by atoms with Crippen LogP contribution >= 0.6 is 0 Å². The molecule has 3 heteroatoms. The number of hydrogen-bond donors (Lipinski definition) is 0. The van der Waals surface area contributed by atoms with Crippen LogP contribution in [0.15, 0.2) is 176 Å². The molecule has 9 aromatic rings. The molecule has 0 aliphatic heterocycles. The zero-order valence-corrected chi connectivity index (χ0v) is 25.2. The lowest BCUT2D eigenvalue weighted by molar-refractivity contribution is 1.10. The van der Waals surface area contributed by atoms with Gasteiger partial charge in [0.1, 0.15) is 5.82 Å². The molecule has 0 amide bonds. The largest absolute Gasteiger partial charge is 0.292 e. The predicted octanol–water partition coefficient (Wildman–Crippen LogP) is 11.4. The number of imidazole rings is 1. The fourth-order valence-electron chi connectivity index (χ4n) is 6.87. The number of benzene rings is 7. The van der Waals surface area contributed by atoms with E-state index in [-0.39, 0.29) is 23.5 Å². The zero-order chi connectivity index (χ0) is 35.5. The quantitative estimate of drug-likeness (QED) is 0.183. The molecule has 0 aliphatic rings. The van der Waals surface area contributed by atoms with Crippen molar-refractivity contribution in [3.05, 3.63) is 176 Å². The van der Waals surface area contributed by atoms with Crippen LogP contribution in [0.3, 0.4) is 0 Å². The summed E-state index contributed by atoms with van der Waals surface area (Å²) in [5.41, 5.74) is 8.62. The molecule has 0 radical (unpaired) electrons. The van der Waals surface area contributed by atoms with Crippen molar-refractivity contribution in [3.8, 4) is 50.5 Å². The maximum absolute atomic E-state index is 8.89. The Bertz CT molecular complexity index is 2780. The molecular weight excluding hydrogens is 571 g/mol. The molecule has 0 bridgehead atoms. The van der Waals surface area contributed by atoms with Crippen LogP contribution in [-0.2, 0) is 0 Å². The smallest absolute Gasteiger partial charge is 0.145 e. The Hall–Kier alpha value is -6.32. The van der Waals surface area contributed by atoms with Crippen LogP contribution in [0.25, 0.3) is 83.0 Å². The molecule has 0 unspecified atom stereocenters. The van der Waals surface area contributed by atoms with Crippen LogP contribution in [0.1, 0.15) is 6.85 Å². The second-order valence-electron chi connectivity index (χ2n) is 11.4. The number of nitrogens with zero attached hydrogens (tertiary/aromatic N) is 3. The zero-order valence-electron chi connectivity index (χ0n) is 30.2. The van der Waals surface area contributed by atoms with Gasteiger partial charge in [-0.1, -0.05) is 133 Å². The van der Waals surface area contributed by atoms with E-state index in [0.717, 1.165) is 66.1 Å². The normalized spacial score (nSPS) is 12.9. The molecule has 0 fully saturated rings. The average molecular weight is 605 g/mol. The second kappa shape index (κ2) is 11.2. The van der Waals surface area contributed by atoms with E-state index >= 15 is 0 Å². The molecule has 0 spiro atoms. The summed E-state index contributed by atoms with van der Waals surface area (Å²) in [6.45, 7) is 0. The van der Waals surface area contributed by atoms with Crippen molar-refractivity contribution in [1.29, 1.82) is 0 Å². The first-order valence-corrected chi connectivity index (χ1v) is 15.5. The summed E-state index contributed by atoms with van der Waals surface area (Å²) in [7, 11) is 0. The van der Waals surface area contributed by atoms with Gasteiger partial charge in [-0.25, -0.2) is 4.98 Å². The topological polar surface area (TPSA) is 30.7 Å². The summed E-state index contributed by atoms with van der Waals surface area (Å²) in [5.74, 6) is 0.280. The van der Waals surface area contributed by atoms with E-state index < -0.39 is 18.1 Å². The van der Waals surface area contributed by atoms with Crippen molar-refractivity contribution in [3.63, 3.8) is 0 Å². The molecule has 47 heavy (non-hydrogen) atoms. The summed E-state index contributed by atoms with van der Waals surface area (Å²) < 4.78 is 44.9. The lowest BCUT2D eigenvalue weighted by atomic mass is 9.83. The van der Waals surface area contributed by atoms with Gasteiger partial charge < -0.3 is 0 Å². The first-order chi connectivity index (χ1) is 25.4. The summed E-state index contributed by atoms with van der Waals surface area (Å²) in [5, 5.41) is 4.30. The van der Waals surface area contributed by atoms with Gasteiger partial charge >= 0.3 is 0 Å². The average Bonchev–Trinajstić information content (AvgIpc) is 3.57. The van der Waals surface area contributed by atoms with Crippen molar-refractivity contribution >= 4 is 32.6 Å². The Morgan fingerprint density at radius 1 is 0.468 bits per heavy atom. The highest BCUT2D eigenvalue weighted by atomic mass is 15.1. The van der Waals surface area contributed by atoms with Crippen molar-refractivity contribution in [2.75, 3.05) is 0 Å². The number of para-hydroxylation sites is 3. The van der Waals surface area contributed by atoms with Gasteiger partial charge in [-0.15, -0.1) is 0 Å². The first kappa shape index (κ1) is 22.2. The van der Waals surface area contributed by atoms with Crippen LogP contribution < -0.4 is 0 Å². The molecule has 2 heterocycles. The Kier molecular flexibility index (Phi) is 5.32. The number of aromatic nitrogens is 3. The summed E-state index contributed by atoms with van der Waals surface area (Å²) in [6, 6.07) is 43.4. The van der Waals surface area contributed by atoms with Crippen molar-refractivity contribution in [2.24, 2.45) is 0 Å². The highest BCUT2D eigenvalue weighted by Gasteiger charge is 2.22. The van der Waals surface area contributed by atoms with Gasteiger partial charge in [0, 0.05) is 23.5 Å². The summed E-state index contributed by atoms with van der Waals surface area (Å²) >= 11 is 0.